The molecule has 0 saturated heterocycles. The summed E-state index contributed by atoms with van der Waals surface area (Å²) in [6.07, 6.45) is 4.93. The van der Waals surface area contributed by atoms with Gasteiger partial charge in [0.25, 0.3) is 0 Å². The fourth-order valence-electron chi connectivity index (χ4n) is 2.42. The van der Waals surface area contributed by atoms with E-state index in [9.17, 15) is 0 Å². The van der Waals surface area contributed by atoms with Crippen LogP contribution in [0.2, 0.25) is 0 Å². The van der Waals surface area contributed by atoms with Crippen LogP contribution in [0.25, 0.3) is 0 Å². The second-order valence-corrected chi connectivity index (χ2v) is 5.71. The molecule has 116 valence electrons. The van der Waals surface area contributed by atoms with Crippen molar-refractivity contribution in [3.05, 3.63) is 41.6 Å². The number of nitrogens with one attached hydrogen (secondary N) is 1. The molecule has 1 N–H and O–H groups in total. The number of aryl methyl sites for hydroxylation is 2. The van der Waals surface area contributed by atoms with Gasteiger partial charge >= 0.3 is 0 Å². The highest BCUT2D eigenvalue weighted by Gasteiger charge is 2.18. The lowest BCUT2D eigenvalue weighted by atomic mass is 10.1. The lowest BCUT2D eigenvalue weighted by Crippen LogP contribution is -2.32. The second kappa shape index (κ2) is 6.91. The Hall–Kier alpha value is -1.59. The molecule has 0 aliphatic heterocycles. The van der Waals surface area contributed by atoms with Gasteiger partial charge in [0, 0.05) is 37.8 Å². The van der Waals surface area contributed by atoms with Crippen LogP contribution < -0.4 is 5.32 Å². The van der Waals surface area contributed by atoms with E-state index >= 15 is 0 Å². The zero-order valence-corrected chi connectivity index (χ0v) is 13.6. The molecule has 0 aliphatic rings. The van der Waals surface area contributed by atoms with Crippen LogP contribution in [0.3, 0.4) is 0 Å². The summed E-state index contributed by atoms with van der Waals surface area (Å²) >= 11 is 0. The van der Waals surface area contributed by atoms with E-state index in [2.05, 4.69) is 61.6 Å². The molecule has 2 aromatic rings. The van der Waals surface area contributed by atoms with E-state index in [0.717, 1.165) is 24.5 Å². The van der Waals surface area contributed by atoms with E-state index in [4.69, 9.17) is 4.42 Å². The van der Waals surface area contributed by atoms with Crippen LogP contribution in [-0.4, -0.2) is 35.3 Å². The summed E-state index contributed by atoms with van der Waals surface area (Å²) in [6.45, 7) is 5.08. The summed E-state index contributed by atoms with van der Waals surface area (Å²) in [5, 5.41) is 7.82. The first-order valence-corrected chi connectivity index (χ1v) is 7.48. The van der Waals surface area contributed by atoms with Crippen molar-refractivity contribution < 1.29 is 4.42 Å². The average Bonchev–Trinajstić information content (AvgIpc) is 3.07. The number of furan rings is 1. The highest BCUT2D eigenvalue weighted by Crippen LogP contribution is 2.20. The van der Waals surface area contributed by atoms with Crippen LogP contribution in [0.1, 0.15) is 43.0 Å². The van der Waals surface area contributed by atoms with Gasteiger partial charge in [0.05, 0.1) is 12.2 Å². The summed E-state index contributed by atoms with van der Waals surface area (Å²) < 4.78 is 7.65. The summed E-state index contributed by atoms with van der Waals surface area (Å²) in [5.74, 6) is 2.03. The molecule has 0 aromatic carbocycles. The molecule has 5 heteroatoms. The topological polar surface area (TPSA) is 46.2 Å². The Morgan fingerprint density at radius 2 is 2.14 bits per heavy atom. The molecular formula is C16H26N4O. The summed E-state index contributed by atoms with van der Waals surface area (Å²) in [5.41, 5.74) is 1.22. The molecule has 2 aromatic heterocycles. The maximum atomic E-state index is 5.80. The van der Waals surface area contributed by atoms with Gasteiger partial charge in [-0.2, -0.15) is 5.10 Å². The second-order valence-electron chi connectivity index (χ2n) is 5.71. The summed E-state index contributed by atoms with van der Waals surface area (Å²) in [6, 6.07) is 4.61. The molecule has 5 nitrogen and oxygen atoms in total. The fourth-order valence-corrected chi connectivity index (χ4v) is 2.42. The minimum atomic E-state index is 0.199. The lowest BCUT2D eigenvalue weighted by Gasteiger charge is -2.25. The quantitative estimate of drug-likeness (QED) is 0.851. The Bertz CT molecular complexity index is 558. The number of hydrogen-bond donors (Lipinski definition) is 1. The van der Waals surface area contributed by atoms with E-state index in [-0.39, 0.29) is 6.04 Å². The predicted molar refractivity (Wildman–Crippen MR) is 84.1 cm³/mol. The summed E-state index contributed by atoms with van der Waals surface area (Å²) in [7, 11) is 6.12. The molecule has 0 unspecified atom stereocenters. The van der Waals surface area contributed by atoms with Crippen molar-refractivity contribution in [3.8, 4) is 0 Å². The van der Waals surface area contributed by atoms with Crippen LogP contribution in [0.15, 0.2) is 28.9 Å². The minimum absolute atomic E-state index is 0.199. The first kappa shape index (κ1) is 15.8. The first-order chi connectivity index (χ1) is 10.0. The molecule has 21 heavy (non-hydrogen) atoms. The van der Waals surface area contributed by atoms with Crippen molar-refractivity contribution in [3.63, 3.8) is 0 Å². The maximum absolute atomic E-state index is 5.80. The third-order valence-corrected chi connectivity index (χ3v) is 3.81. The molecule has 0 fully saturated rings. The van der Waals surface area contributed by atoms with Gasteiger partial charge in [-0.05, 0) is 33.2 Å². The minimum Gasteiger partial charge on any atom is -0.464 e. The number of likely N-dealkylation sites (N-methyl/N-ethyl adjacent to an activating group) is 1. The van der Waals surface area contributed by atoms with Gasteiger partial charge in [-0.15, -0.1) is 0 Å². The van der Waals surface area contributed by atoms with Gasteiger partial charge in [-0.1, -0.05) is 6.92 Å². The van der Waals surface area contributed by atoms with Crippen LogP contribution in [0.5, 0.6) is 0 Å². The van der Waals surface area contributed by atoms with Gasteiger partial charge in [-0.25, -0.2) is 0 Å². The molecule has 0 amide bonds. The Kier molecular flexibility index (Phi) is 5.20. The zero-order chi connectivity index (χ0) is 15.4. The Labute approximate surface area is 126 Å². The Morgan fingerprint density at radius 3 is 2.67 bits per heavy atom. The number of nitrogens with zero attached hydrogens (tertiary/aromatic N) is 3. The molecule has 0 bridgehead atoms. The predicted octanol–water partition coefficient (Wildman–Crippen LogP) is 2.53. The highest BCUT2D eigenvalue weighted by atomic mass is 16.3. The molecular weight excluding hydrogens is 264 g/mol. The van der Waals surface area contributed by atoms with Gasteiger partial charge in [0.2, 0.25) is 0 Å². The molecule has 0 saturated carbocycles. The standard InChI is InChI=1S/C16H26N4O/c1-6-14-7-8-16(21-14)12(2)17-10-15(19(3)4)13-9-18-20(5)11-13/h7-9,11-12,15,17H,6,10H2,1-5H3/t12-,15-/m1/s1. The monoisotopic (exact) mass is 290 g/mol. The van der Waals surface area contributed by atoms with Crippen LogP contribution in [-0.2, 0) is 13.5 Å². The van der Waals surface area contributed by atoms with Crippen molar-refractivity contribution >= 4 is 0 Å². The highest BCUT2D eigenvalue weighted by molar-refractivity contribution is 5.13. The molecule has 2 heterocycles. The zero-order valence-electron chi connectivity index (χ0n) is 13.6. The molecule has 0 spiro atoms. The van der Waals surface area contributed by atoms with Crippen molar-refractivity contribution in [1.82, 2.24) is 20.0 Å². The van der Waals surface area contributed by atoms with Crippen molar-refractivity contribution in [1.29, 1.82) is 0 Å². The molecule has 2 atom stereocenters. The Morgan fingerprint density at radius 1 is 1.38 bits per heavy atom. The first-order valence-electron chi connectivity index (χ1n) is 7.48. The smallest absolute Gasteiger partial charge is 0.120 e. The normalized spacial score (nSPS) is 14.6. The largest absolute Gasteiger partial charge is 0.464 e. The van der Waals surface area contributed by atoms with E-state index in [1.54, 1.807) is 0 Å². The van der Waals surface area contributed by atoms with Gasteiger partial charge < -0.3 is 14.6 Å². The van der Waals surface area contributed by atoms with Crippen LogP contribution in [0, 0.1) is 0 Å². The molecule has 2 rings (SSSR count). The van der Waals surface area contributed by atoms with Gasteiger partial charge in [0.1, 0.15) is 11.5 Å². The van der Waals surface area contributed by atoms with Gasteiger partial charge in [0.15, 0.2) is 0 Å². The van der Waals surface area contributed by atoms with E-state index < -0.39 is 0 Å². The fraction of sp³-hybridized carbons (Fsp3) is 0.562. The third-order valence-electron chi connectivity index (χ3n) is 3.81. The Balaban J connectivity index is 1.98. The maximum Gasteiger partial charge on any atom is 0.120 e. The van der Waals surface area contributed by atoms with E-state index in [0.29, 0.717) is 6.04 Å². The van der Waals surface area contributed by atoms with Crippen molar-refractivity contribution in [2.24, 2.45) is 7.05 Å². The number of aromatic nitrogens is 2. The number of rotatable bonds is 7. The third kappa shape index (κ3) is 3.95. The molecule has 0 aliphatic carbocycles. The van der Waals surface area contributed by atoms with Crippen LogP contribution >= 0.6 is 0 Å². The van der Waals surface area contributed by atoms with E-state index in [1.807, 2.05) is 17.9 Å². The van der Waals surface area contributed by atoms with Crippen molar-refractivity contribution in [2.75, 3.05) is 20.6 Å². The average molecular weight is 290 g/mol. The lowest BCUT2D eigenvalue weighted by molar-refractivity contribution is 0.275. The summed E-state index contributed by atoms with van der Waals surface area (Å²) in [4.78, 5) is 2.20. The van der Waals surface area contributed by atoms with E-state index in [1.165, 1.54) is 5.56 Å². The van der Waals surface area contributed by atoms with Crippen LogP contribution in [0.4, 0.5) is 0 Å². The van der Waals surface area contributed by atoms with Gasteiger partial charge in [-0.3, -0.25) is 4.68 Å². The SMILES string of the molecule is CCc1ccc([C@@H](C)NC[C@H](c2cnn(C)c2)N(C)C)o1. The number of hydrogen-bond acceptors (Lipinski definition) is 4. The molecule has 0 radical (unpaired) electrons. The van der Waals surface area contributed by atoms with Crippen molar-refractivity contribution in [2.45, 2.75) is 32.4 Å².